The van der Waals surface area contributed by atoms with Crippen molar-refractivity contribution in [2.75, 3.05) is 37.6 Å². The maximum Gasteiger partial charge on any atom is 0.304 e. The summed E-state index contributed by atoms with van der Waals surface area (Å²) in [4.78, 5) is 15.1. The Hall–Kier alpha value is -2.21. The predicted molar refractivity (Wildman–Crippen MR) is 85.2 cm³/mol. The molecule has 6 heteroatoms. The van der Waals surface area contributed by atoms with Gasteiger partial charge in [0.1, 0.15) is 0 Å². The van der Waals surface area contributed by atoms with Crippen molar-refractivity contribution in [2.24, 2.45) is 0 Å². The van der Waals surface area contributed by atoms with Crippen LogP contribution in [-0.4, -0.2) is 58.9 Å². The van der Waals surface area contributed by atoms with Gasteiger partial charge in [-0.3, -0.25) is 9.69 Å². The Bertz CT molecular complexity index is 681. The van der Waals surface area contributed by atoms with Crippen LogP contribution in [-0.2, 0) is 4.79 Å². The van der Waals surface area contributed by atoms with Gasteiger partial charge in [0.15, 0.2) is 5.82 Å². The van der Waals surface area contributed by atoms with Gasteiger partial charge in [-0.2, -0.15) is 5.10 Å². The second-order valence-corrected chi connectivity index (χ2v) is 5.63. The highest BCUT2D eigenvalue weighted by atomic mass is 16.4. The highest BCUT2D eigenvalue weighted by Crippen LogP contribution is 2.26. The minimum Gasteiger partial charge on any atom is -0.481 e. The molecule has 1 N–H and O–H groups in total. The van der Waals surface area contributed by atoms with Gasteiger partial charge in [-0.05, 0) is 6.92 Å². The zero-order valence-corrected chi connectivity index (χ0v) is 12.7. The first-order valence-electron chi connectivity index (χ1n) is 7.56. The molecule has 0 aliphatic carbocycles. The summed E-state index contributed by atoms with van der Waals surface area (Å²) < 4.78 is 0. The predicted octanol–water partition coefficient (Wildman–Crippen LogP) is 1.53. The van der Waals surface area contributed by atoms with Crippen molar-refractivity contribution in [1.82, 2.24) is 15.1 Å². The summed E-state index contributed by atoms with van der Waals surface area (Å²) in [5, 5.41) is 19.7. The Morgan fingerprint density at radius 1 is 1.14 bits per heavy atom. The standard InChI is InChI=1S/C16H20N4O2/c1-12-13-4-2-3-5-14(13)16(18-17-12)20-10-8-19(9-11-20)7-6-15(21)22/h2-5H,6-11H2,1H3,(H,21,22). The van der Waals surface area contributed by atoms with E-state index in [0.717, 1.165) is 48.5 Å². The molecule has 1 aromatic heterocycles. The third-order valence-corrected chi connectivity index (χ3v) is 4.17. The average Bonchev–Trinajstić information content (AvgIpc) is 2.54. The minimum atomic E-state index is -0.738. The Morgan fingerprint density at radius 2 is 1.82 bits per heavy atom. The SMILES string of the molecule is Cc1nnc(N2CCN(CCC(=O)O)CC2)c2ccccc12. The van der Waals surface area contributed by atoms with Gasteiger partial charge in [-0.1, -0.05) is 24.3 Å². The van der Waals surface area contributed by atoms with Crippen LogP contribution in [0.2, 0.25) is 0 Å². The van der Waals surface area contributed by atoms with Gasteiger partial charge in [-0.25, -0.2) is 0 Å². The number of piperazine rings is 1. The van der Waals surface area contributed by atoms with E-state index in [0.29, 0.717) is 6.54 Å². The molecule has 2 heterocycles. The summed E-state index contributed by atoms with van der Waals surface area (Å²) in [5.41, 5.74) is 0.944. The monoisotopic (exact) mass is 300 g/mol. The molecule has 22 heavy (non-hydrogen) atoms. The smallest absolute Gasteiger partial charge is 0.304 e. The van der Waals surface area contributed by atoms with E-state index >= 15 is 0 Å². The molecule has 0 spiro atoms. The van der Waals surface area contributed by atoms with E-state index in [4.69, 9.17) is 5.11 Å². The number of carboxylic acid groups (broad SMARTS) is 1. The lowest BCUT2D eigenvalue weighted by atomic mass is 10.1. The number of carbonyl (C=O) groups is 1. The molecule has 0 atom stereocenters. The number of carboxylic acids is 1. The van der Waals surface area contributed by atoms with Crippen LogP contribution in [0.5, 0.6) is 0 Å². The summed E-state index contributed by atoms with van der Waals surface area (Å²) in [6.07, 6.45) is 0.202. The number of hydrogen-bond donors (Lipinski definition) is 1. The molecular weight excluding hydrogens is 280 g/mol. The summed E-state index contributed by atoms with van der Waals surface area (Å²) in [7, 11) is 0. The van der Waals surface area contributed by atoms with E-state index in [1.54, 1.807) is 0 Å². The fourth-order valence-corrected chi connectivity index (χ4v) is 2.89. The molecule has 0 amide bonds. The molecule has 0 radical (unpaired) electrons. The van der Waals surface area contributed by atoms with Crippen LogP contribution in [0.25, 0.3) is 10.8 Å². The van der Waals surface area contributed by atoms with Crippen molar-refractivity contribution in [3.05, 3.63) is 30.0 Å². The van der Waals surface area contributed by atoms with Crippen LogP contribution in [0.4, 0.5) is 5.82 Å². The average molecular weight is 300 g/mol. The lowest BCUT2D eigenvalue weighted by Gasteiger charge is -2.35. The number of hydrogen-bond acceptors (Lipinski definition) is 5. The zero-order chi connectivity index (χ0) is 15.5. The van der Waals surface area contributed by atoms with Gasteiger partial charge in [0.25, 0.3) is 0 Å². The maximum atomic E-state index is 10.7. The van der Waals surface area contributed by atoms with Crippen LogP contribution in [0.15, 0.2) is 24.3 Å². The van der Waals surface area contributed by atoms with Crippen molar-refractivity contribution in [3.8, 4) is 0 Å². The first kappa shape index (κ1) is 14.7. The summed E-state index contributed by atoms with van der Waals surface area (Å²) in [5.74, 6) is 0.192. The molecule has 1 aliphatic rings. The summed E-state index contributed by atoms with van der Waals surface area (Å²) >= 11 is 0. The van der Waals surface area contributed by atoms with Crippen molar-refractivity contribution >= 4 is 22.6 Å². The molecular formula is C16H20N4O2. The normalized spacial score (nSPS) is 16.1. The van der Waals surface area contributed by atoms with E-state index in [1.165, 1.54) is 0 Å². The number of aliphatic carboxylic acids is 1. The highest BCUT2D eigenvalue weighted by Gasteiger charge is 2.20. The van der Waals surface area contributed by atoms with E-state index in [-0.39, 0.29) is 6.42 Å². The number of rotatable bonds is 4. The Morgan fingerprint density at radius 3 is 2.50 bits per heavy atom. The molecule has 0 saturated carbocycles. The van der Waals surface area contributed by atoms with Gasteiger partial charge in [0.2, 0.25) is 0 Å². The number of benzene rings is 1. The molecule has 1 saturated heterocycles. The minimum absolute atomic E-state index is 0.202. The molecule has 2 aromatic rings. The number of fused-ring (bicyclic) bond motifs is 1. The fourth-order valence-electron chi connectivity index (χ4n) is 2.89. The number of nitrogens with zero attached hydrogens (tertiary/aromatic N) is 4. The third kappa shape index (κ3) is 3.01. The van der Waals surface area contributed by atoms with Gasteiger partial charge in [0.05, 0.1) is 12.1 Å². The van der Waals surface area contributed by atoms with Crippen LogP contribution < -0.4 is 4.90 Å². The topological polar surface area (TPSA) is 69.6 Å². The van der Waals surface area contributed by atoms with Crippen LogP contribution in [0, 0.1) is 6.92 Å². The second kappa shape index (κ2) is 6.27. The van der Waals surface area contributed by atoms with Gasteiger partial charge in [-0.15, -0.1) is 5.10 Å². The summed E-state index contributed by atoms with van der Waals surface area (Å²) in [6, 6.07) is 8.20. The van der Waals surface area contributed by atoms with Gasteiger partial charge >= 0.3 is 5.97 Å². The fraction of sp³-hybridized carbons (Fsp3) is 0.438. The quantitative estimate of drug-likeness (QED) is 0.923. The van der Waals surface area contributed by atoms with E-state index < -0.39 is 5.97 Å². The van der Waals surface area contributed by atoms with Gasteiger partial charge < -0.3 is 10.0 Å². The second-order valence-electron chi connectivity index (χ2n) is 5.63. The van der Waals surface area contributed by atoms with E-state index in [1.807, 2.05) is 19.1 Å². The van der Waals surface area contributed by atoms with Crippen molar-refractivity contribution in [2.45, 2.75) is 13.3 Å². The molecule has 6 nitrogen and oxygen atoms in total. The lowest BCUT2D eigenvalue weighted by Crippen LogP contribution is -2.47. The van der Waals surface area contributed by atoms with E-state index in [9.17, 15) is 4.79 Å². The molecule has 1 fully saturated rings. The lowest BCUT2D eigenvalue weighted by molar-refractivity contribution is -0.137. The number of aryl methyl sites for hydroxylation is 1. The molecule has 116 valence electrons. The molecule has 3 rings (SSSR count). The maximum absolute atomic E-state index is 10.7. The molecule has 0 unspecified atom stereocenters. The van der Waals surface area contributed by atoms with Crippen LogP contribution in [0.1, 0.15) is 12.1 Å². The third-order valence-electron chi connectivity index (χ3n) is 4.17. The van der Waals surface area contributed by atoms with Crippen LogP contribution >= 0.6 is 0 Å². The van der Waals surface area contributed by atoms with Crippen molar-refractivity contribution in [1.29, 1.82) is 0 Å². The van der Waals surface area contributed by atoms with E-state index in [2.05, 4.69) is 32.1 Å². The van der Waals surface area contributed by atoms with Gasteiger partial charge in [0, 0.05) is 43.5 Å². The number of aromatic nitrogens is 2. The first-order chi connectivity index (χ1) is 10.6. The largest absolute Gasteiger partial charge is 0.481 e. The first-order valence-corrected chi connectivity index (χ1v) is 7.56. The molecule has 0 bridgehead atoms. The van der Waals surface area contributed by atoms with Crippen LogP contribution in [0.3, 0.4) is 0 Å². The highest BCUT2D eigenvalue weighted by molar-refractivity contribution is 5.93. The van der Waals surface area contributed by atoms with Crippen molar-refractivity contribution in [3.63, 3.8) is 0 Å². The Balaban J connectivity index is 1.74. The number of anilines is 1. The summed E-state index contributed by atoms with van der Waals surface area (Å²) in [6.45, 7) is 6.00. The zero-order valence-electron chi connectivity index (χ0n) is 12.7. The Labute approximate surface area is 129 Å². The Kier molecular flexibility index (Phi) is 4.20. The molecule has 1 aromatic carbocycles. The molecule has 1 aliphatic heterocycles. The van der Waals surface area contributed by atoms with Crippen molar-refractivity contribution < 1.29 is 9.90 Å².